The summed E-state index contributed by atoms with van der Waals surface area (Å²) in [4.78, 5) is 22.1. The van der Waals surface area contributed by atoms with Crippen LogP contribution in [0.4, 0.5) is 0 Å². The average molecular weight is 300 g/mol. The standard InChI is InChI=1S/C9H18O2.C9H18O/c1-5-8(4)6-11-9(10)7(2)3;1-5-8(4)6-9(10)7(2)3/h7-8H,5-6H2,1-4H3;7-8H,5-6H2,1-4H3. The minimum atomic E-state index is -0.0923. The minimum Gasteiger partial charge on any atom is -0.465 e. The molecule has 3 nitrogen and oxygen atoms in total. The summed E-state index contributed by atoms with van der Waals surface area (Å²) in [6.45, 7) is 16.6. The molecule has 0 spiro atoms. The van der Waals surface area contributed by atoms with Crippen molar-refractivity contribution in [2.24, 2.45) is 23.7 Å². The summed E-state index contributed by atoms with van der Waals surface area (Å²) in [5, 5.41) is 0. The fourth-order valence-corrected chi connectivity index (χ4v) is 1.23. The van der Waals surface area contributed by atoms with Crippen LogP contribution in [0.5, 0.6) is 0 Å². The minimum absolute atomic E-state index is 0.000874. The second kappa shape index (κ2) is 12.8. The van der Waals surface area contributed by atoms with Gasteiger partial charge >= 0.3 is 5.97 Å². The Morgan fingerprint density at radius 2 is 1.29 bits per heavy atom. The third kappa shape index (κ3) is 13.9. The molecular weight excluding hydrogens is 264 g/mol. The molecule has 2 atom stereocenters. The van der Waals surface area contributed by atoms with E-state index in [-0.39, 0.29) is 17.8 Å². The number of esters is 1. The van der Waals surface area contributed by atoms with Crippen LogP contribution >= 0.6 is 0 Å². The van der Waals surface area contributed by atoms with E-state index in [1.54, 1.807) is 0 Å². The topological polar surface area (TPSA) is 43.4 Å². The van der Waals surface area contributed by atoms with E-state index in [0.29, 0.717) is 24.2 Å². The van der Waals surface area contributed by atoms with E-state index in [1.807, 2.05) is 27.7 Å². The van der Waals surface area contributed by atoms with Crippen molar-refractivity contribution in [1.29, 1.82) is 0 Å². The molecule has 0 aromatic rings. The molecule has 126 valence electrons. The van der Waals surface area contributed by atoms with E-state index in [1.165, 1.54) is 0 Å². The van der Waals surface area contributed by atoms with Crippen LogP contribution < -0.4 is 0 Å². The SMILES string of the molecule is CCC(C)CC(=O)C(C)C.CCC(C)COC(=O)C(C)C. The number of hydrogen-bond acceptors (Lipinski definition) is 3. The summed E-state index contributed by atoms with van der Waals surface area (Å²) in [5.74, 6) is 1.57. The number of hydrogen-bond donors (Lipinski definition) is 0. The number of rotatable bonds is 8. The first kappa shape index (κ1) is 22.4. The van der Waals surface area contributed by atoms with Gasteiger partial charge in [-0.25, -0.2) is 0 Å². The molecule has 0 aliphatic heterocycles. The van der Waals surface area contributed by atoms with Crippen LogP contribution in [-0.4, -0.2) is 18.4 Å². The van der Waals surface area contributed by atoms with Crippen LogP contribution in [-0.2, 0) is 14.3 Å². The predicted molar refractivity (Wildman–Crippen MR) is 89.2 cm³/mol. The number of ether oxygens (including phenoxy) is 1. The van der Waals surface area contributed by atoms with Gasteiger partial charge in [-0.15, -0.1) is 0 Å². The Bertz CT molecular complexity index is 282. The molecule has 0 radical (unpaired) electrons. The third-order valence-electron chi connectivity index (χ3n) is 3.57. The number of ketones is 1. The molecule has 0 saturated heterocycles. The zero-order valence-electron chi connectivity index (χ0n) is 15.4. The molecular formula is C18H36O3. The summed E-state index contributed by atoms with van der Waals surface area (Å²) in [5.41, 5.74) is 0. The Labute approximate surface area is 131 Å². The first-order chi connectivity index (χ1) is 9.65. The van der Waals surface area contributed by atoms with Gasteiger partial charge in [0.05, 0.1) is 12.5 Å². The molecule has 3 heteroatoms. The number of carbonyl (C=O) groups is 2. The Kier molecular flexibility index (Phi) is 13.7. The Balaban J connectivity index is 0. The normalized spacial score (nSPS) is 13.4. The lowest BCUT2D eigenvalue weighted by molar-refractivity contribution is -0.148. The van der Waals surface area contributed by atoms with Crippen molar-refractivity contribution in [3.05, 3.63) is 0 Å². The lowest BCUT2D eigenvalue weighted by atomic mass is 9.96. The van der Waals surface area contributed by atoms with Crippen LogP contribution in [0.25, 0.3) is 0 Å². The van der Waals surface area contributed by atoms with Gasteiger partial charge in [0.25, 0.3) is 0 Å². The fourth-order valence-electron chi connectivity index (χ4n) is 1.23. The molecule has 0 fully saturated rings. The number of Topliss-reactive ketones (excluding diaryl/α,β-unsaturated/α-hetero) is 1. The second-order valence-electron chi connectivity index (χ2n) is 6.64. The van der Waals surface area contributed by atoms with Gasteiger partial charge in [-0.3, -0.25) is 9.59 Å². The van der Waals surface area contributed by atoms with E-state index in [2.05, 4.69) is 27.7 Å². The molecule has 0 aliphatic carbocycles. The summed E-state index contributed by atoms with van der Waals surface area (Å²) in [6, 6.07) is 0. The summed E-state index contributed by atoms with van der Waals surface area (Å²) in [7, 11) is 0. The maximum absolute atomic E-state index is 11.1. The molecule has 0 heterocycles. The van der Waals surface area contributed by atoms with E-state index >= 15 is 0 Å². The largest absolute Gasteiger partial charge is 0.465 e. The molecule has 0 bridgehead atoms. The quantitative estimate of drug-likeness (QED) is 0.600. The first-order valence-electron chi connectivity index (χ1n) is 8.34. The maximum atomic E-state index is 11.1. The maximum Gasteiger partial charge on any atom is 0.308 e. The predicted octanol–water partition coefficient (Wildman–Crippen LogP) is 4.88. The zero-order chi connectivity index (χ0) is 17.0. The van der Waals surface area contributed by atoms with Crippen LogP contribution in [0.3, 0.4) is 0 Å². The van der Waals surface area contributed by atoms with E-state index in [9.17, 15) is 9.59 Å². The fraction of sp³-hybridized carbons (Fsp3) is 0.889. The molecule has 0 aliphatic rings. The van der Waals surface area contributed by atoms with Gasteiger partial charge in [-0.05, 0) is 11.8 Å². The lowest BCUT2D eigenvalue weighted by Crippen LogP contribution is -2.15. The van der Waals surface area contributed by atoms with Crippen LogP contribution in [0.15, 0.2) is 0 Å². The number of carbonyl (C=O) groups excluding carboxylic acids is 2. The molecule has 0 aromatic heterocycles. The van der Waals surface area contributed by atoms with Crippen molar-refractivity contribution in [2.75, 3.05) is 6.61 Å². The highest BCUT2D eigenvalue weighted by Gasteiger charge is 2.10. The van der Waals surface area contributed by atoms with Crippen molar-refractivity contribution >= 4 is 11.8 Å². The van der Waals surface area contributed by atoms with Crippen molar-refractivity contribution in [3.63, 3.8) is 0 Å². The summed E-state index contributed by atoms with van der Waals surface area (Å²) >= 11 is 0. The molecule has 0 saturated carbocycles. The van der Waals surface area contributed by atoms with Gasteiger partial charge in [-0.1, -0.05) is 68.2 Å². The zero-order valence-corrected chi connectivity index (χ0v) is 15.4. The molecule has 21 heavy (non-hydrogen) atoms. The van der Waals surface area contributed by atoms with Crippen molar-refractivity contribution in [3.8, 4) is 0 Å². The monoisotopic (exact) mass is 300 g/mol. The van der Waals surface area contributed by atoms with Crippen molar-refractivity contribution < 1.29 is 14.3 Å². The van der Waals surface area contributed by atoms with Crippen LogP contribution in [0.1, 0.15) is 74.7 Å². The molecule has 2 unspecified atom stereocenters. The Morgan fingerprint density at radius 3 is 1.62 bits per heavy atom. The summed E-state index contributed by atoms with van der Waals surface area (Å²) < 4.78 is 5.02. The van der Waals surface area contributed by atoms with E-state index < -0.39 is 0 Å². The highest BCUT2D eigenvalue weighted by molar-refractivity contribution is 5.80. The smallest absolute Gasteiger partial charge is 0.308 e. The van der Waals surface area contributed by atoms with Crippen LogP contribution in [0.2, 0.25) is 0 Å². The molecule has 0 N–H and O–H groups in total. The average Bonchev–Trinajstić information content (AvgIpc) is 2.44. The third-order valence-corrected chi connectivity index (χ3v) is 3.57. The van der Waals surface area contributed by atoms with Gasteiger partial charge in [0, 0.05) is 12.3 Å². The first-order valence-corrected chi connectivity index (χ1v) is 8.34. The van der Waals surface area contributed by atoms with Gasteiger partial charge in [0.15, 0.2) is 0 Å². The molecule has 0 amide bonds. The second-order valence-corrected chi connectivity index (χ2v) is 6.64. The Hall–Kier alpha value is -0.860. The van der Waals surface area contributed by atoms with Crippen molar-refractivity contribution in [1.82, 2.24) is 0 Å². The highest BCUT2D eigenvalue weighted by Crippen LogP contribution is 2.10. The molecule has 0 rings (SSSR count). The van der Waals surface area contributed by atoms with E-state index in [0.717, 1.165) is 19.3 Å². The van der Waals surface area contributed by atoms with Crippen molar-refractivity contribution in [2.45, 2.75) is 74.7 Å². The van der Waals surface area contributed by atoms with Crippen LogP contribution in [0, 0.1) is 23.7 Å². The van der Waals surface area contributed by atoms with Gasteiger partial charge in [0.2, 0.25) is 0 Å². The van der Waals surface area contributed by atoms with Gasteiger partial charge in [0.1, 0.15) is 5.78 Å². The molecule has 0 aromatic carbocycles. The van der Waals surface area contributed by atoms with Gasteiger partial charge in [-0.2, -0.15) is 0 Å². The van der Waals surface area contributed by atoms with Gasteiger partial charge < -0.3 is 4.74 Å². The Morgan fingerprint density at radius 1 is 0.810 bits per heavy atom. The summed E-state index contributed by atoms with van der Waals surface area (Å²) in [6.07, 6.45) is 2.93. The lowest BCUT2D eigenvalue weighted by Gasteiger charge is -2.10. The van der Waals surface area contributed by atoms with E-state index in [4.69, 9.17) is 4.74 Å². The highest BCUT2D eigenvalue weighted by atomic mass is 16.5.